The molecule has 0 fully saturated rings. The van der Waals surface area contributed by atoms with Gasteiger partial charge >= 0.3 is 0 Å². The number of ketones is 1. The van der Waals surface area contributed by atoms with Crippen molar-refractivity contribution in [3.05, 3.63) is 59.7 Å². The highest BCUT2D eigenvalue weighted by molar-refractivity contribution is 5.95. The molecule has 0 saturated heterocycles. The minimum Gasteiger partial charge on any atom is -0.497 e. The summed E-state index contributed by atoms with van der Waals surface area (Å²) in [6.07, 6.45) is 3.69. The Bertz CT molecular complexity index is 764. The number of allylic oxidation sites excluding steroid dienone is 1. The summed E-state index contributed by atoms with van der Waals surface area (Å²) >= 11 is 0. The number of methoxy groups -OCH3 is 1. The van der Waals surface area contributed by atoms with E-state index < -0.39 is 5.92 Å². The van der Waals surface area contributed by atoms with Gasteiger partial charge < -0.3 is 19.3 Å². The first-order valence-electron chi connectivity index (χ1n) is 8.05. The average molecular weight is 340 g/mol. The number of aliphatic hydroxyl groups is 1. The van der Waals surface area contributed by atoms with E-state index in [9.17, 15) is 9.90 Å². The summed E-state index contributed by atoms with van der Waals surface area (Å²) in [4.78, 5) is 12.4. The van der Waals surface area contributed by atoms with Crippen LogP contribution >= 0.6 is 0 Å². The molecule has 25 heavy (non-hydrogen) atoms. The van der Waals surface area contributed by atoms with Gasteiger partial charge in [-0.3, -0.25) is 4.79 Å². The van der Waals surface area contributed by atoms with E-state index in [1.807, 2.05) is 42.5 Å². The molecule has 0 bridgehead atoms. The van der Waals surface area contributed by atoms with E-state index in [2.05, 4.69) is 0 Å². The summed E-state index contributed by atoms with van der Waals surface area (Å²) < 4.78 is 15.7. The lowest BCUT2D eigenvalue weighted by molar-refractivity contribution is -0.119. The van der Waals surface area contributed by atoms with Crippen molar-refractivity contribution in [2.75, 3.05) is 20.5 Å². The lowest BCUT2D eigenvalue weighted by Crippen LogP contribution is -2.19. The van der Waals surface area contributed by atoms with Crippen LogP contribution in [0.1, 0.15) is 11.1 Å². The van der Waals surface area contributed by atoms with E-state index in [1.54, 1.807) is 13.2 Å². The first-order valence-corrected chi connectivity index (χ1v) is 8.05. The Balaban J connectivity index is 1.65. The van der Waals surface area contributed by atoms with Crippen LogP contribution in [0.5, 0.6) is 17.2 Å². The minimum absolute atomic E-state index is 0.115. The number of hydrogen-bond acceptors (Lipinski definition) is 5. The van der Waals surface area contributed by atoms with Gasteiger partial charge in [-0.05, 0) is 47.9 Å². The Morgan fingerprint density at radius 1 is 1.20 bits per heavy atom. The van der Waals surface area contributed by atoms with Crippen molar-refractivity contribution >= 4 is 11.9 Å². The molecule has 0 spiro atoms. The number of aliphatic hydroxyl groups excluding tert-OH is 1. The molecule has 1 aliphatic rings. The first-order chi connectivity index (χ1) is 12.2. The van der Waals surface area contributed by atoms with Gasteiger partial charge in [0.05, 0.1) is 13.7 Å². The van der Waals surface area contributed by atoms with Crippen LogP contribution in [0.2, 0.25) is 0 Å². The van der Waals surface area contributed by atoms with Crippen molar-refractivity contribution in [3.63, 3.8) is 0 Å². The Kier molecular flexibility index (Phi) is 5.36. The van der Waals surface area contributed by atoms with E-state index >= 15 is 0 Å². The van der Waals surface area contributed by atoms with Crippen LogP contribution in [-0.2, 0) is 11.2 Å². The standard InChI is InChI=1S/C20H20O5/c1-23-17-6-2-14(3-7-17)4-8-18(22)16(12-21)10-15-5-9-19-20(11-15)25-13-24-19/h2-9,11,16,21H,10,12-13H2,1H3/b8-4+/t16-/m1/s1. The molecule has 0 unspecified atom stereocenters. The molecule has 0 aromatic heterocycles. The van der Waals surface area contributed by atoms with Crippen LogP contribution < -0.4 is 14.2 Å². The number of fused-ring (bicyclic) bond motifs is 1. The van der Waals surface area contributed by atoms with Crippen molar-refractivity contribution in [1.82, 2.24) is 0 Å². The molecule has 0 aliphatic carbocycles. The number of carbonyl (C=O) groups excluding carboxylic acids is 1. The third kappa shape index (κ3) is 4.19. The van der Waals surface area contributed by atoms with Gasteiger partial charge in [-0.25, -0.2) is 0 Å². The maximum atomic E-state index is 12.4. The van der Waals surface area contributed by atoms with E-state index in [4.69, 9.17) is 14.2 Å². The second kappa shape index (κ2) is 7.85. The van der Waals surface area contributed by atoms with Gasteiger partial charge in [0.1, 0.15) is 5.75 Å². The fourth-order valence-corrected chi connectivity index (χ4v) is 2.64. The zero-order chi connectivity index (χ0) is 17.6. The van der Waals surface area contributed by atoms with Crippen molar-refractivity contribution in [2.24, 2.45) is 5.92 Å². The molecule has 0 radical (unpaired) electrons. The molecule has 1 N–H and O–H groups in total. The smallest absolute Gasteiger partial charge is 0.231 e. The summed E-state index contributed by atoms with van der Waals surface area (Å²) in [5, 5.41) is 9.59. The van der Waals surface area contributed by atoms with Crippen molar-refractivity contribution in [1.29, 1.82) is 0 Å². The normalized spacial score (nSPS) is 13.8. The molecule has 5 heteroatoms. The second-order valence-corrected chi connectivity index (χ2v) is 5.78. The van der Waals surface area contributed by atoms with Crippen LogP contribution in [0.3, 0.4) is 0 Å². The molecule has 0 amide bonds. The molecule has 1 atom stereocenters. The molecule has 2 aromatic rings. The van der Waals surface area contributed by atoms with Gasteiger partial charge in [0.25, 0.3) is 0 Å². The summed E-state index contributed by atoms with van der Waals surface area (Å²) in [5.41, 5.74) is 1.82. The average Bonchev–Trinajstić information content (AvgIpc) is 3.12. The minimum atomic E-state index is -0.491. The van der Waals surface area contributed by atoms with Crippen molar-refractivity contribution in [2.45, 2.75) is 6.42 Å². The summed E-state index contributed by atoms with van der Waals surface area (Å²) in [5.74, 6) is 1.54. The van der Waals surface area contributed by atoms with Gasteiger partial charge in [-0.2, -0.15) is 0 Å². The van der Waals surface area contributed by atoms with Crippen LogP contribution in [0.25, 0.3) is 6.08 Å². The summed E-state index contributed by atoms with van der Waals surface area (Å²) in [6, 6.07) is 13.0. The fourth-order valence-electron chi connectivity index (χ4n) is 2.64. The number of hydrogen-bond donors (Lipinski definition) is 1. The van der Waals surface area contributed by atoms with Gasteiger partial charge in [0, 0.05) is 5.92 Å². The highest BCUT2D eigenvalue weighted by atomic mass is 16.7. The van der Waals surface area contributed by atoms with Crippen LogP contribution in [0, 0.1) is 5.92 Å². The number of rotatable bonds is 7. The molecule has 3 rings (SSSR count). The maximum Gasteiger partial charge on any atom is 0.231 e. The van der Waals surface area contributed by atoms with E-state index in [0.29, 0.717) is 17.9 Å². The quantitative estimate of drug-likeness (QED) is 0.785. The third-order valence-corrected chi connectivity index (χ3v) is 4.10. The lowest BCUT2D eigenvalue weighted by atomic mass is 9.95. The maximum absolute atomic E-state index is 12.4. The summed E-state index contributed by atoms with van der Waals surface area (Å²) in [6.45, 7) is 0.00593. The largest absolute Gasteiger partial charge is 0.497 e. The SMILES string of the molecule is COc1ccc(/C=C/C(=O)[C@@H](CO)Cc2ccc3c(c2)OCO3)cc1. The topological polar surface area (TPSA) is 65.0 Å². The lowest BCUT2D eigenvalue weighted by Gasteiger charge is -2.11. The molecule has 1 aliphatic heterocycles. The first kappa shape index (κ1) is 17.0. The molecule has 1 heterocycles. The molecule has 0 saturated carbocycles. The Labute approximate surface area is 146 Å². The number of carbonyl (C=O) groups is 1. The second-order valence-electron chi connectivity index (χ2n) is 5.78. The van der Waals surface area contributed by atoms with Crippen LogP contribution in [0.4, 0.5) is 0 Å². The number of benzene rings is 2. The molecule has 2 aromatic carbocycles. The van der Waals surface area contributed by atoms with E-state index in [0.717, 1.165) is 16.9 Å². The molecular formula is C20H20O5. The zero-order valence-corrected chi connectivity index (χ0v) is 14.0. The molecular weight excluding hydrogens is 320 g/mol. The Morgan fingerprint density at radius 2 is 1.96 bits per heavy atom. The van der Waals surface area contributed by atoms with Crippen LogP contribution in [-0.4, -0.2) is 31.4 Å². The predicted molar refractivity (Wildman–Crippen MR) is 93.9 cm³/mol. The molecule has 130 valence electrons. The summed E-state index contributed by atoms with van der Waals surface area (Å²) in [7, 11) is 1.61. The van der Waals surface area contributed by atoms with Gasteiger partial charge in [-0.1, -0.05) is 24.3 Å². The fraction of sp³-hybridized carbons (Fsp3) is 0.250. The van der Waals surface area contributed by atoms with E-state index in [-0.39, 0.29) is 19.2 Å². The zero-order valence-electron chi connectivity index (χ0n) is 14.0. The van der Waals surface area contributed by atoms with Gasteiger partial charge in [-0.15, -0.1) is 0 Å². The van der Waals surface area contributed by atoms with E-state index in [1.165, 1.54) is 6.08 Å². The van der Waals surface area contributed by atoms with Gasteiger partial charge in [0.2, 0.25) is 6.79 Å². The number of ether oxygens (including phenoxy) is 3. The van der Waals surface area contributed by atoms with Crippen LogP contribution in [0.15, 0.2) is 48.5 Å². The highest BCUT2D eigenvalue weighted by Gasteiger charge is 2.18. The predicted octanol–water partition coefficient (Wildman–Crippen LogP) is 2.86. The monoisotopic (exact) mass is 340 g/mol. The van der Waals surface area contributed by atoms with Crippen molar-refractivity contribution < 1.29 is 24.1 Å². The Morgan fingerprint density at radius 3 is 2.68 bits per heavy atom. The Hall–Kier alpha value is -2.79. The molecule has 5 nitrogen and oxygen atoms in total. The third-order valence-electron chi connectivity index (χ3n) is 4.10. The highest BCUT2D eigenvalue weighted by Crippen LogP contribution is 2.33. The van der Waals surface area contributed by atoms with Crippen molar-refractivity contribution in [3.8, 4) is 17.2 Å². The van der Waals surface area contributed by atoms with Gasteiger partial charge in [0.15, 0.2) is 17.3 Å².